The molecule has 0 aliphatic carbocycles. The van der Waals surface area contributed by atoms with E-state index in [2.05, 4.69) is 6.58 Å². The SMILES string of the molecule is C=C(C)C(F)(C(F)N1CCN(C(F)(F)F)CC1)C(F)(F)F. The lowest BCUT2D eigenvalue weighted by molar-refractivity contribution is -0.272. The van der Waals surface area contributed by atoms with E-state index < -0.39 is 56.2 Å². The Labute approximate surface area is 116 Å². The summed E-state index contributed by atoms with van der Waals surface area (Å²) in [5.41, 5.74) is -5.39. The van der Waals surface area contributed by atoms with Crippen LogP contribution in [-0.4, -0.2) is 60.4 Å². The summed E-state index contributed by atoms with van der Waals surface area (Å²) in [7, 11) is 0. The van der Waals surface area contributed by atoms with E-state index in [1.807, 2.05) is 0 Å². The molecule has 0 spiro atoms. The fourth-order valence-electron chi connectivity index (χ4n) is 2.03. The Kier molecular flexibility index (Phi) is 4.94. The highest BCUT2D eigenvalue weighted by atomic mass is 19.4. The fourth-order valence-corrected chi connectivity index (χ4v) is 2.03. The minimum Gasteiger partial charge on any atom is -0.268 e. The Balaban J connectivity index is 2.85. The topological polar surface area (TPSA) is 6.48 Å². The van der Waals surface area contributed by atoms with Crippen molar-refractivity contribution in [3.05, 3.63) is 12.2 Å². The van der Waals surface area contributed by atoms with Crippen LogP contribution in [-0.2, 0) is 0 Å². The van der Waals surface area contributed by atoms with Crippen molar-refractivity contribution in [1.29, 1.82) is 0 Å². The maximum Gasteiger partial charge on any atom is 0.460 e. The van der Waals surface area contributed by atoms with Gasteiger partial charge in [-0.2, -0.15) is 26.3 Å². The molecule has 1 fully saturated rings. The monoisotopic (exact) mass is 326 g/mol. The summed E-state index contributed by atoms with van der Waals surface area (Å²) in [5, 5.41) is 0. The van der Waals surface area contributed by atoms with Crippen LogP contribution in [0.4, 0.5) is 35.1 Å². The number of hydrogen-bond donors (Lipinski definition) is 0. The number of hydrogen-bond acceptors (Lipinski definition) is 2. The summed E-state index contributed by atoms with van der Waals surface area (Å²) >= 11 is 0. The molecule has 0 N–H and O–H groups in total. The van der Waals surface area contributed by atoms with E-state index in [1.165, 1.54) is 0 Å². The molecule has 1 aliphatic rings. The lowest BCUT2D eigenvalue weighted by Gasteiger charge is -2.41. The molecule has 1 saturated heterocycles. The van der Waals surface area contributed by atoms with E-state index in [0.717, 1.165) is 0 Å². The number of nitrogens with zero attached hydrogens (tertiary/aromatic N) is 2. The molecule has 0 saturated carbocycles. The molecular formula is C11H14F8N2. The maximum absolute atomic E-state index is 14.1. The Morgan fingerprint density at radius 1 is 0.952 bits per heavy atom. The zero-order valence-corrected chi connectivity index (χ0v) is 11.0. The van der Waals surface area contributed by atoms with Crippen LogP contribution in [0.15, 0.2) is 12.2 Å². The second-order valence-electron chi connectivity index (χ2n) is 4.82. The van der Waals surface area contributed by atoms with E-state index in [-0.39, 0.29) is 4.90 Å². The van der Waals surface area contributed by atoms with Crippen LogP contribution in [0.1, 0.15) is 6.92 Å². The highest BCUT2D eigenvalue weighted by Gasteiger charge is 2.64. The van der Waals surface area contributed by atoms with Gasteiger partial charge in [-0.25, -0.2) is 13.7 Å². The summed E-state index contributed by atoms with van der Waals surface area (Å²) in [5.74, 6) is 0. The van der Waals surface area contributed by atoms with Crippen LogP contribution in [0.25, 0.3) is 0 Å². The standard InChI is InChI=1S/C11H14F8N2/c1-7(2)9(13,10(14,15)16)8(12)20-3-5-21(6-4-20)11(17,18)19/h8H,1,3-6H2,2H3. The van der Waals surface area contributed by atoms with E-state index in [1.54, 1.807) is 0 Å². The molecule has 10 heteroatoms. The normalized spacial score (nSPS) is 23.7. The number of alkyl halides is 8. The second-order valence-corrected chi connectivity index (χ2v) is 4.82. The molecule has 1 rings (SSSR count). The van der Waals surface area contributed by atoms with Gasteiger partial charge in [-0.3, -0.25) is 4.90 Å². The number of halogens is 8. The van der Waals surface area contributed by atoms with Gasteiger partial charge in [0.15, 0.2) is 0 Å². The van der Waals surface area contributed by atoms with Crippen molar-refractivity contribution in [2.75, 3.05) is 26.2 Å². The molecule has 0 amide bonds. The summed E-state index contributed by atoms with van der Waals surface area (Å²) in [6.45, 7) is 0.700. The first-order valence-corrected chi connectivity index (χ1v) is 5.93. The quantitative estimate of drug-likeness (QED) is 0.446. The van der Waals surface area contributed by atoms with Gasteiger partial charge in [0.2, 0.25) is 6.30 Å². The molecule has 1 heterocycles. The zero-order chi connectivity index (χ0) is 16.6. The first-order valence-electron chi connectivity index (χ1n) is 5.93. The maximum atomic E-state index is 14.1. The Morgan fingerprint density at radius 3 is 1.67 bits per heavy atom. The van der Waals surface area contributed by atoms with Crippen LogP contribution < -0.4 is 0 Å². The van der Waals surface area contributed by atoms with E-state index in [9.17, 15) is 35.1 Å². The predicted molar refractivity (Wildman–Crippen MR) is 58.8 cm³/mol. The number of piperazine rings is 1. The molecular weight excluding hydrogens is 312 g/mol. The van der Waals surface area contributed by atoms with Crippen LogP contribution in [0, 0.1) is 0 Å². The van der Waals surface area contributed by atoms with Crippen molar-refractivity contribution in [3.8, 4) is 0 Å². The molecule has 0 radical (unpaired) electrons. The van der Waals surface area contributed by atoms with Gasteiger partial charge in [0.05, 0.1) is 0 Å². The Morgan fingerprint density at radius 2 is 1.38 bits per heavy atom. The molecule has 0 aromatic carbocycles. The van der Waals surface area contributed by atoms with E-state index in [0.29, 0.717) is 11.8 Å². The van der Waals surface area contributed by atoms with Gasteiger partial charge in [0, 0.05) is 26.2 Å². The second kappa shape index (κ2) is 5.71. The highest BCUT2D eigenvalue weighted by Crippen LogP contribution is 2.44. The van der Waals surface area contributed by atoms with Gasteiger partial charge < -0.3 is 0 Å². The fraction of sp³-hybridized carbons (Fsp3) is 0.818. The minimum atomic E-state index is -5.54. The van der Waals surface area contributed by atoms with Gasteiger partial charge in [0.1, 0.15) is 0 Å². The Hall–Kier alpha value is -0.900. The van der Waals surface area contributed by atoms with E-state index in [4.69, 9.17) is 0 Å². The van der Waals surface area contributed by atoms with Gasteiger partial charge in [-0.05, 0) is 12.5 Å². The third-order valence-corrected chi connectivity index (χ3v) is 3.36. The molecule has 2 unspecified atom stereocenters. The van der Waals surface area contributed by atoms with Gasteiger partial charge in [0.25, 0.3) is 5.67 Å². The molecule has 21 heavy (non-hydrogen) atoms. The van der Waals surface area contributed by atoms with Crippen molar-refractivity contribution < 1.29 is 35.1 Å². The van der Waals surface area contributed by atoms with Crippen molar-refractivity contribution >= 4 is 0 Å². The average Bonchev–Trinajstić information content (AvgIpc) is 2.34. The third kappa shape index (κ3) is 3.47. The summed E-state index contributed by atoms with van der Waals surface area (Å²) in [6, 6.07) is 0. The van der Waals surface area contributed by atoms with Crippen LogP contribution >= 0.6 is 0 Å². The van der Waals surface area contributed by atoms with Crippen LogP contribution in [0.2, 0.25) is 0 Å². The highest BCUT2D eigenvalue weighted by molar-refractivity contribution is 5.17. The van der Waals surface area contributed by atoms with Gasteiger partial charge in [-0.1, -0.05) is 6.58 Å². The molecule has 0 aromatic heterocycles. The lowest BCUT2D eigenvalue weighted by atomic mass is 9.95. The molecule has 1 aliphatic heterocycles. The third-order valence-electron chi connectivity index (χ3n) is 3.36. The molecule has 0 aromatic rings. The van der Waals surface area contributed by atoms with Crippen molar-refractivity contribution in [2.24, 2.45) is 0 Å². The zero-order valence-electron chi connectivity index (χ0n) is 11.0. The van der Waals surface area contributed by atoms with Crippen molar-refractivity contribution in [2.45, 2.75) is 31.4 Å². The van der Waals surface area contributed by atoms with Crippen molar-refractivity contribution in [1.82, 2.24) is 9.80 Å². The van der Waals surface area contributed by atoms with Gasteiger partial charge in [-0.15, -0.1) is 0 Å². The number of rotatable bonds is 3. The minimum absolute atomic E-state index is 0.0322. The lowest BCUT2D eigenvalue weighted by Crippen LogP contribution is -2.61. The van der Waals surface area contributed by atoms with Gasteiger partial charge >= 0.3 is 12.5 Å². The first kappa shape index (κ1) is 18.1. The first-order chi connectivity index (χ1) is 9.31. The molecule has 0 bridgehead atoms. The largest absolute Gasteiger partial charge is 0.460 e. The van der Waals surface area contributed by atoms with Crippen molar-refractivity contribution in [3.63, 3.8) is 0 Å². The summed E-state index contributed by atoms with van der Waals surface area (Å²) in [4.78, 5) is 0.439. The summed E-state index contributed by atoms with van der Waals surface area (Å²) < 4.78 is 103. The summed E-state index contributed by atoms with van der Waals surface area (Å²) in [6.07, 6.45) is -13.3. The van der Waals surface area contributed by atoms with E-state index >= 15 is 0 Å². The van der Waals surface area contributed by atoms with Crippen LogP contribution in [0.5, 0.6) is 0 Å². The average molecular weight is 326 g/mol. The Bertz CT molecular complexity index is 383. The molecule has 124 valence electrons. The smallest absolute Gasteiger partial charge is 0.268 e. The predicted octanol–water partition coefficient (Wildman–Crippen LogP) is 3.27. The van der Waals surface area contributed by atoms with Crippen LogP contribution in [0.3, 0.4) is 0 Å². The molecule has 2 nitrogen and oxygen atoms in total. The molecule has 2 atom stereocenters.